The lowest BCUT2D eigenvalue weighted by molar-refractivity contribution is 0.0949. The number of unbranched alkanes of at least 4 members (excludes halogenated alkanes) is 1. The van der Waals surface area contributed by atoms with E-state index in [1.807, 2.05) is 13.8 Å². The first kappa shape index (κ1) is 20.0. The van der Waals surface area contributed by atoms with Crippen LogP contribution in [0.5, 0.6) is 0 Å². The van der Waals surface area contributed by atoms with Gasteiger partial charge in [0, 0.05) is 30.9 Å². The molecule has 0 saturated carbocycles. The number of rotatable bonds is 9. The molecule has 0 fully saturated rings. The van der Waals surface area contributed by atoms with Crippen molar-refractivity contribution in [3.8, 4) is 0 Å². The van der Waals surface area contributed by atoms with Crippen LogP contribution in [0, 0.1) is 5.92 Å². The second-order valence-corrected chi connectivity index (χ2v) is 6.18. The summed E-state index contributed by atoms with van der Waals surface area (Å²) in [6.45, 7) is 7.61. The molecule has 6 nitrogen and oxygen atoms in total. The highest BCUT2D eigenvalue weighted by Crippen LogP contribution is 2.11. The van der Waals surface area contributed by atoms with Gasteiger partial charge in [0.05, 0.1) is 6.61 Å². The Hall–Kier alpha value is -2.08. The molecule has 0 aliphatic carbocycles. The molecule has 0 aromatic heterocycles. The Labute approximate surface area is 144 Å². The maximum absolute atomic E-state index is 12.2. The van der Waals surface area contributed by atoms with Gasteiger partial charge in [-0.25, -0.2) is 4.79 Å². The molecule has 0 saturated heterocycles. The zero-order valence-corrected chi connectivity index (χ0v) is 14.8. The molecule has 24 heavy (non-hydrogen) atoms. The highest BCUT2D eigenvalue weighted by molar-refractivity contribution is 5.95. The molecular formula is C18H29N3O3. The number of amides is 3. The minimum atomic E-state index is -0.241. The SMILES string of the molecule is CCCCN(CCO)C(=O)Nc1ccc(C(=O)NCC(C)C)cc1. The van der Waals surface area contributed by atoms with Crippen LogP contribution in [0.1, 0.15) is 44.0 Å². The van der Waals surface area contributed by atoms with Crippen molar-refractivity contribution >= 4 is 17.6 Å². The molecule has 1 rings (SSSR count). The molecule has 6 heteroatoms. The number of nitrogens with zero attached hydrogens (tertiary/aromatic N) is 1. The zero-order valence-electron chi connectivity index (χ0n) is 14.8. The largest absolute Gasteiger partial charge is 0.395 e. The van der Waals surface area contributed by atoms with Crippen LogP contribution in [-0.2, 0) is 0 Å². The quantitative estimate of drug-likeness (QED) is 0.649. The molecule has 0 atom stereocenters. The molecule has 1 aromatic rings. The third-order valence-electron chi connectivity index (χ3n) is 3.51. The van der Waals surface area contributed by atoms with Crippen LogP contribution >= 0.6 is 0 Å². The van der Waals surface area contributed by atoms with Gasteiger partial charge in [0.25, 0.3) is 5.91 Å². The molecule has 3 amide bonds. The number of aliphatic hydroxyl groups is 1. The van der Waals surface area contributed by atoms with Crippen molar-refractivity contribution in [1.29, 1.82) is 0 Å². The van der Waals surface area contributed by atoms with Gasteiger partial charge in [-0.2, -0.15) is 0 Å². The summed E-state index contributed by atoms with van der Waals surface area (Å²) in [5.74, 6) is 0.277. The highest BCUT2D eigenvalue weighted by Gasteiger charge is 2.13. The van der Waals surface area contributed by atoms with E-state index in [1.54, 1.807) is 29.2 Å². The molecule has 3 N–H and O–H groups in total. The van der Waals surface area contributed by atoms with Crippen LogP contribution < -0.4 is 10.6 Å². The van der Waals surface area contributed by atoms with Gasteiger partial charge in [0.15, 0.2) is 0 Å². The van der Waals surface area contributed by atoms with Crippen LogP contribution in [0.3, 0.4) is 0 Å². The normalized spacial score (nSPS) is 10.5. The van der Waals surface area contributed by atoms with Crippen molar-refractivity contribution in [3.05, 3.63) is 29.8 Å². The van der Waals surface area contributed by atoms with Crippen LogP contribution in [-0.4, -0.2) is 48.2 Å². The second-order valence-electron chi connectivity index (χ2n) is 6.18. The van der Waals surface area contributed by atoms with Crippen molar-refractivity contribution in [2.24, 2.45) is 5.92 Å². The summed E-state index contributed by atoms with van der Waals surface area (Å²) in [6.07, 6.45) is 1.87. The summed E-state index contributed by atoms with van der Waals surface area (Å²) in [7, 11) is 0. The van der Waals surface area contributed by atoms with E-state index >= 15 is 0 Å². The molecule has 0 heterocycles. The standard InChI is InChI=1S/C18H29N3O3/c1-4-5-10-21(11-12-22)18(24)20-16-8-6-15(7-9-16)17(23)19-13-14(2)3/h6-9,14,22H,4-5,10-13H2,1-3H3,(H,19,23)(H,20,24). The predicted molar refractivity (Wildman–Crippen MR) is 96.2 cm³/mol. The van der Waals surface area contributed by atoms with Crippen molar-refractivity contribution in [3.63, 3.8) is 0 Å². The Morgan fingerprint density at radius 1 is 1.17 bits per heavy atom. The minimum Gasteiger partial charge on any atom is -0.395 e. The fourth-order valence-corrected chi connectivity index (χ4v) is 2.09. The number of benzene rings is 1. The topological polar surface area (TPSA) is 81.7 Å². The zero-order chi connectivity index (χ0) is 17.9. The second kappa shape index (κ2) is 10.6. The summed E-state index contributed by atoms with van der Waals surface area (Å²) < 4.78 is 0. The molecule has 0 unspecified atom stereocenters. The number of nitrogens with one attached hydrogen (secondary N) is 2. The first-order chi connectivity index (χ1) is 11.5. The Bertz CT molecular complexity index is 515. The molecule has 0 aliphatic rings. The Morgan fingerprint density at radius 2 is 1.83 bits per heavy atom. The Morgan fingerprint density at radius 3 is 2.38 bits per heavy atom. The number of aliphatic hydroxyl groups excluding tert-OH is 1. The summed E-state index contributed by atoms with van der Waals surface area (Å²) in [4.78, 5) is 25.8. The number of hydrogen-bond acceptors (Lipinski definition) is 3. The lowest BCUT2D eigenvalue weighted by atomic mass is 10.1. The van der Waals surface area contributed by atoms with E-state index in [-0.39, 0.29) is 18.5 Å². The smallest absolute Gasteiger partial charge is 0.321 e. The number of hydrogen-bond donors (Lipinski definition) is 3. The fraction of sp³-hybridized carbons (Fsp3) is 0.556. The van der Waals surface area contributed by atoms with Crippen LogP contribution in [0.15, 0.2) is 24.3 Å². The first-order valence-electron chi connectivity index (χ1n) is 8.53. The van der Waals surface area contributed by atoms with E-state index in [1.165, 1.54) is 0 Å². The van der Waals surface area contributed by atoms with E-state index < -0.39 is 0 Å². The predicted octanol–water partition coefficient (Wildman–Crippen LogP) is 2.70. The molecular weight excluding hydrogens is 306 g/mol. The summed E-state index contributed by atoms with van der Waals surface area (Å²) in [5, 5.41) is 14.7. The van der Waals surface area contributed by atoms with E-state index in [4.69, 9.17) is 5.11 Å². The number of carbonyl (C=O) groups is 2. The molecule has 0 radical (unpaired) electrons. The highest BCUT2D eigenvalue weighted by atomic mass is 16.3. The van der Waals surface area contributed by atoms with Gasteiger partial charge in [0.2, 0.25) is 0 Å². The molecule has 0 bridgehead atoms. The Balaban J connectivity index is 2.61. The van der Waals surface area contributed by atoms with Crippen LogP contribution in [0.25, 0.3) is 0 Å². The van der Waals surface area contributed by atoms with Gasteiger partial charge in [-0.3, -0.25) is 4.79 Å². The number of urea groups is 1. The van der Waals surface area contributed by atoms with Crippen molar-refractivity contribution < 1.29 is 14.7 Å². The van der Waals surface area contributed by atoms with Crippen molar-refractivity contribution in [2.75, 3.05) is 31.6 Å². The third-order valence-corrected chi connectivity index (χ3v) is 3.51. The fourth-order valence-electron chi connectivity index (χ4n) is 2.09. The Kier molecular flexibility index (Phi) is 8.86. The summed E-state index contributed by atoms with van der Waals surface area (Å²) >= 11 is 0. The van der Waals surface area contributed by atoms with E-state index in [0.717, 1.165) is 12.8 Å². The maximum atomic E-state index is 12.2. The molecule has 0 spiro atoms. The lowest BCUT2D eigenvalue weighted by Crippen LogP contribution is -2.37. The van der Waals surface area contributed by atoms with Gasteiger partial charge in [-0.15, -0.1) is 0 Å². The molecule has 0 aliphatic heterocycles. The molecule has 134 valence electrons. The van der Waals surface area contributed by atoms with Crippen LogP contribution in [0.2, 0.25) is 0 Å². The number of carbonyl (C=O) groups excluding carboxylic acids is 2. The average Bonchev–Trinajstić information content (AvgIpc) is 2.57. The van der Waals surface area contributed by atoms with E-state index in [0.29, 0.717) is 36.8 Å². The summed E-state index contributed by atoms with van der Waals surface area (Å²) in [5.41, 5.74) is 1.19. The van der Waals surface area contributed by atoms with Gasteiger partial charge >= 0.3 is 6.03 Å². The lowest BCUT2D eigenvalue weighted by Gasteiger charge is -2.22. The molecule has 1 aromatic carbocycles. The van der Waals surface area contributed by atoms with E-state index in [9.17, 15) is 9.59 Å². The maximum Gasteiger partial charge on any atom is 0.321 e. The van der Waals surface area contributed by atoms with Crippen molar-refractivity contribution in [2.45, 2.75) is 33.6 Å². The third kappa shape index (κ3) is 7.00. The van der Waals surface area contributed by atoms with Gasteiger partial charge in [0.1, 0.15) is 0 Å². The monoisotopic (exact) mass is 335 g/mol. The van der Waals surface area contributed by atoms with Gasteiger partial charge in [-0.05, 0) is 36.6 Å². The summed E-state index contributed by atoms with van der Waals surface area (Å²) in [6, 6.07) is 6.55. The van der Waals surface area contributed by atoms with E-state index in [2.05, 4.69) is 17.6 Å². The number of anilines is 1. The average molecular weight is 335 g/mol. The van der Waals surface area contributed by atoms with Gasteiger partial charge < -0.3 is 20.6 Å². The minimum absolute atomic E-state index is 0.0634. The van der Waals surface area contributed by atoms with Crippen LogP contribution in [0.4, 0.5) is 10.5 Å². The first-order valence-corrected chi connectivity index (χ1v) is 8.53. The van der Waals surface area contributed by atoms with Crippen molar-refractivity contribution in [1.82, 2.24) is 10.2 Å². The van der Waals surface area contributed by atoms with Gasteiger partial charge in [-0.1, -0.05) is 27.2 Å².